The first-order valence-corrected chi connectivity index (χ1v) is 9.02. The van der Waals surface area contributed by atoms with Gasteiger partial charge in [0.1, 0.15) is 18.0 Å². The van der Waals surface area contributed by atoms with Crippen LogP contribution >= 0.6 is 0 Å². The van der Waals surface area contributed by atoms with E-state index in [4.69, 9.17) is 4.74 Å². The van der Waals surface area contributed by atoms with Crippen LogP contribution in [0.5, 0.6) is 5.75 Å². The Balaban J connectivity index is 1.71. The zero-order valence-electron chi connectivity index (χ0n) is 16.3. The van der Waals surface area contributed by atoms with Crippen molar-refractivity contribution in [2.75, 3.05) is 5.43 Å². The molecule has 12 heteroatoms. The van der Waals surface area contributed by atoms with Gasteiger partial charge in [0, 0.05) is 23.8 Å². The molecule has 1 N–H and O–H groups in total. The minimum atomic E-state index is -0.744. The maximum Gasteiger partial charge on any atom is 0.301 e. The summed E-state index contributed by atoms with van der Waals surface area (Å²) in [7, 11) is 0. The van der Waals surface area contributed by atoms with Crippen LogP contribution in [0.3, 0.4) is 0 Å². The van der Waals surface area contributed by atoms with Crippen LogP contribution < -0.4 is 10.2 Å². The van der Waals surface area contributed by atoms with Crippen LogP contribution in [0.25, 0.3) is 0 Å². The molecule has 0 amide bonds. The molecular formula is C20H15N5O7. The van der Waals surface area contributed by atoms with E-state index in [1.54, 1.807) is 36.4 Å². The number of nitrogens with zero attached hydrogens (tertiary/aromatic N) is 4. The second-order valence-corrected chi connectivity index (χ2v) is 6.34. The number of hydrazone groups is 1. The lowest BCUT2D eigenvalue weighted by molar-refractivity contribution is -0.393. The maximum absolute atomic E-state index is 11.2. The first-order chi connectivity index (χ1) is 15.3. The molecule has 0 atom stereocenters. The Labute approximate surface area is 180 Å². The summed E-state index contributed by atoms with van der Waals surface area (Å²) in [4.78, 5) is 30.8. The second kappa shape index (κ2) is 9.75. The first-order valence-electron chi connectivity index (χ1n) is 9.02. The van der Waals surface area contributed by atoms with E-state index in [9.17, 15) is 30.3 Å². The highest BCUT2D eigenvalue weighted by molar-refractivity contribution is 5.84. The van der Waals surface area contributed by atoms with Crippen molar-refractivity contribution in [2.24, 2.45) is 5.10 Å². The van der Waals surface area contributed by atoms with Gasteiger partial charge in [0.25, 0.3) is 11.4 Å². The number of hydrogen-bond donors (Lipinski definition) is 1. The number of ether oxygens (including phenoxy) is 1. The van der Waals surface area contributed by atoms with Crippen LogP contribution in [0, 0.1) is 30.3 Å². The highest BCUT2D eigenvalue weighted by Crippen LogP contribution is 2.29. The van der Waals surface area contributed by atoms with E-state index < -0.39 is 26.1 Å². The summed E-state index contributed by atoms with van der Waals surface area (Å²) in [6.07, 6.45) is 1.39. The van der Waals surface area contributed by atoms with E-state index in [1.165, 1.54) is 24.4 Å². The van der Waals surface area contributed by atoms with Crippen molar-refractivity contribution in [2.45, 2.75) is 6.61 Å². The second-order valence-electron chi connectivity index (χ2n) is 6.34. The monoisotopic (exact) mass is 437 g/mol. The van der Waals surface area contributed by atoms with Crippen molar-refractivity contribution in [3.05, 3.63) is 108 Å². The van der Waals surface area contributed by atoms with E-state index in [2.05, 4.69) is 10.5 Å². The number of hydrogen-bond acceptors (Lipinski definition) is 9. The maximum atomic E-state index is 11.2. The summed E-state index contributed by atoms with van der Waals surface area (Å²) < 4.78 is 5.76. The van der Waals surface area contributed by atoms with Gasteiger partial charge in [-0.25, -0.2) is 0 Å². The molecular weight excluding hydrogens is 422 g/mol. The summed E-state index contributed by atoms with van der Waals surface area (Å²) in [5, 5.41) is 36.7. The molecule has 0 fully saturated rings. The van der Waals surface area contributed by atoms with Gasteiger partial charge in [-0.2, -0.15) is 5.10 Å². The molecule has 0 unspecified atom stereocenters. The lowest BCUT2D eigenvalue weighted by Crippen LogP contribution is -2.00. The zero-order valence-corrected chi connectivity index (χ0v) is 16.3. The third-order valence-electron chi connectivity index (χ3n) is 4.24. The van der Waals surface area contributed by atoms with E-state index in [0.29, 0.717) is 11.3 Å². The number of para-hydroxylation sites is 1. The van der Waals surface area contributed by atoms with Gasteiger partial charge >= 0.3 is 5.69 Å². The van der Waals surface area contributed by atoms with E-state index in [1.807, 2.05) is 0 Å². The predicted molar refractivity (Wildman–Crippen MR) is 115 cm³/mol. The van der Waals surface area contributed by atoms with Gasteiger partial charge in [-0.1, -0.05) is 12.1 Å². The number of benzene rings is 3. The Morgan fingerprint density at radius 2 is 1.50 bits per heavy atom. The molecule has 0 radical (unpaired) electrons. The fourth-order valence-electron chi connectivity index (χ4n) is 2.64. The fraction of sp³-hybridized carbons (Fsp3) is 0.0500. The lowest BCUT2D eigenvalue weighted by Gasteiger charge is -2.09. The molecule has 0 saturated heterocycles. The Morgan fingerprint density at radius 3 is 2.16 bits per heavy atom. The molecule has 32 heavy (non-hydrogen) atoms. The van der Waals surface area contributed by atoms with Crippen LogP contribution in [-0.4, -0.2) is 21.0 Å². The van der Waals surface area contributed by atoms with Gasteiger partial charge in [-0.05, 0) is 35.9 Å². The standard InChI is InChI=1S/C20H15N5O7/c26-23(27)16-7-5-14(6-8-16)13-32-20-4-2-1-3-15(20)12-21-22-18-10-9-17(24(28)29)11-19(18)25(30)31/h1-12,22H,13H2/b21-12+. The van der Waals surface area contributed by atoms with Crippen molar-refractivity contribution in [1.82, 2.24) is 0 Å². The quantitative estimate of drug-likeness (QED) is 0.292. The van der Waals surface area contributed by atoms with Crippen LogP contribution in [0.1, 0.15) is 11.1 Å². The summed E-state index contributed by atoms with van der Waals surface area (Å²) in [5.41, 5.74) is 2.87. The topological polar surface area (TPSA) is 163 Å². The summed E-state index contributed by atoms with van der Waals surface area (Å²) >= 11 is 0. The molecule has 12 nitrogen and oxygen atoms in total. The van der Waals surface area contributed by atoms with Crippen LogP contribution in [-0.2, 0) is 6.61 Å². The first kappa shape index (κ1) is 21.8. The normalized spacial score (nSPS) is 10.6. The third-order valence-corrected chi connectivity index (χ3v) is 4.24. The predicted octanol–water partition coefficient (Wildman–Crippen LogP) is 4.44. The van der Waals surface area contributed by atoms with Gasteiger partial charge in [0.05, 0.1) is 27.1 Å². The van der Waals surface area contributed by atoms with Gasteiger partial charge in [-0.3, -0.25) is 35.8 Å². The molecule has 0 spiro atoms. The highest BCUT2D eigenvalue weighted by Gasteiger charge is 2.19. The average molecular weight is 437 g/mol. The number of nitrogens with one attached hydrogen (secondary N) is 1. The number of rotatable bonds is 9. The molecule has 0 aliphatic heterocycles. The SMILES string of the molecule is O=[N+]([O-])c1ccc(COc2ccccc2/C=N/Nc2ccc([N+](=O)[O-])cc2[N+](=O)[O-])cc1. The average Bonchev–Trinajstić information content (AvgIpc) is 2.78. The summed E-state index contributed by atoms with van der Waals surface area (Å²) in [6, 6.07) is 16.0. The molecule has 0 bridgehead atoms. The van der Waals surface area contributed by atoms with Crippen LogP contribution in [0.2, 0.25) is 0 Å². The van der Waals surface area contributed by atoms with Crippen molar-refractivity contribution in [3.8, 4) is 5.75 Å². The van der Waals surface area contributed by atoms with Gasteiger partial charge < -0.3 is 4.74 Å². The fourth-order valence-corrected chi connectivity index (χ4v) is 2.64. The number of anilines is 1. The van der Waals surface area contributed by atoms with E-state index in [-0.39, 0.29) is 18.0 Å². The number of nitro groups is 3. The smallest absolute Gasteiger partial charge is 0.301 e. The Morgan fingerprint density at radius 1 is 0.844 bits per heavy atom. The lowest BCUT2D eigenvalue weighted by atomic mass is 10.2. The minimum absolute atomic E-state index is 0.0128. The number of nitro benzene ring substituents is 3. The zero-order chi connectivity index (χ0) is 23.1. The molecule has 0 aliphatic carbocycles. The van der Waals surface area contributed by atoms with Crippen LogP contribution in [0.4, 0.5) is 22.7 Å². The highest BCUT2D eigenvalue weighted by atomic mass is 16.6. The molecule has 0 aromatic heterocycles. The molecule has 3 aromatic rings. The molecule has 162 valence electrons. The molecule has 3 aromatic carbocycles. The van der Waals surface area contributed by atoms with E-state index in [0.717, 1.165) is 17.7 Å². The summed E-state index contributed by atoms with van der Waals surface area (Å²) in [5.74, 6) is 0.467. The van der Waals surface area contributed by atoms with Crippen molar-refractivity contribution in [3.63, 3.8) is 0 Å². The van der Waals surface area contributed by atoms with Gasteiger partial charge in [0.2, 0.25) is 0 Å². The Bertz CT molecular complexity index is 1200. The van der Waals surface area contributed by atoms with Gasteiger partial charge in [0.15, 0.2) is 0 Å². The molecule has 0 aliphatic rings. The number of non-ortho nitro benzene ring substituents is 2. The Kier molecular flexibility index (Phi) is 6.65. The molecule has 0 heterocycles. The van der Waals surface area contributed by atoms with Crippen molar-refractivity contribution < 1.29 is 19.5 Å². The van der Waals surface area contributed by atoms with E-state index >= 15 is 0 Å². The molecule has 3 rings (SSSR count). The Hall–Kier alpha value is -4.87. The van der Waals surface area contributed by atoms with Crippen molar-refractivity contribution in [1.29, 1.82) is 0 Å². The minimum Gasteiger partial charge on any atom is -0.488 e. The van der Waals surface area contributed by atoms with Crippen LogP contribution in [0.15, 0.2) is 71.8 Å². The molecule has 0 saturated carbocycles. The van der Waals surface area contributed by atoms with Gasteiger partial charge in [-0.15, -0.1) is 0 Å². The van der Waals surface area contributed by atoms with Crippen molar-refractivity contribution >= 4 is 29.0 Å². The largest absolute Gasteiger partial charge is 0.488 e. The summed E-state index contributed by atoms with van der Waals surface area (Å²) in [6.45, 7) is 0.157. The third kappa shape index (κ3) is 5.38.